The molecule has 0 unspecified atom stereocenters. The first-order valence-electron chi connectivity index (χ1n) is 7.54. The van der Waals surface area contributed by atoms with Gasteiger partial charge in [-0.25, -0.2) is 0 Å². The van der Waals surface area contributed by atoms with E-state index in [4.69, 9.17) is 9.26 Å². The Morgan fingerprint density at radius 1 is 1.23 bits per heavy atom. The van der Waals surface area contributed by atoms with Gasteiger partial charge in [0.25, 0.3) is 5.91 Å². The molecule has 116 valence electrons. The number of hydrogen-bond donors (Lipinski definition) is 0. The maximum atomic E-state index is 12.0. The molecule has 0 spiro atoms. The van der Waals surface area contributed by atoms with Crippen molar-refractivity contribution in [3.8, 4) is 17.1 Å². The van der Waals surface area contributed by atoms with Crippen molar-refractivity contribution in [1.29, 1.82) is 0 Å². The number of hydrogen-bond acceptors (Lipinski definition) is 5. The normalized spacial score (nSPS) is 14.9. The average molecular weight is 301 g/mol. The number of aryl methyl sites for hydroxylation is 1. The molecule has 6 heteroatoms. The molecule has 2 heterocycles. The second-order valence-electron chi connectivity index (χ2n) is 5.39. The first-order valence-corrected chi connectivity index (χ1v) is 7.54. The van der Waals surface area contributed by atoms with Crippen LogP contribution in [0, 0.1) is 6.92 Å². The third-order valence-electron chi connectivity index (χ3n) is 3.71. The summed E-state index contributed by atoms with van der Waals surface area (Å²) in [7, 11) is 0. The van der Waals surface area contributed by atoms with Gasteiger partial charge in [0, 0.05) is 25.6 Å². The van der Waals surface area contributed by atoms with Gasteiger partial charge in [-0.3, -0.25) is 4.79 Å². The van der Waals surface area contributed by atoms with E-state index >= 15 is 0 Å². The van der Waals surface area contributed by atoms with Crippen LogP contribution in [0.4, 0.5) is 0 Å². The molecule has 0 radical (unpaired) electrons. The number of piperidine rings is 1. The predicted molar refractivity (Wildman–Crippen MR) is 80.4 cm³/mol. The van der Waals surface area contributed by atoms with Crippen LogP contribution in [-0.2, 0) is 4.79 Å². The Labute approximate surface area is 129 Å². The summed E-state index contributed by atoms with van der Waals surface area (Å²) in [6.07, 6.45) is 3.39. The van der Waals surface area contributed by atoms with E-state index in [9.17, 15) is 4.79 Å². The maximum absolute atomic E-state index is 12.0. The van der Waals surface area contributed by atoms with Gasteiger partial charge in [0.05, 0.1) is 0 Å². The van der Waals surface area contributed by atoms with Crippen molar-refractivity contribution in [3.05, 3.63) is 30.2 Å². The number of carbonyl (C=O) groups is 1. The first kappa shape index (κ1) is 14.6. The highest BCUT2D eigenvalue weighted by atomic mass is 16.5. The maximum Gasteiger partial charge on any atom is 0.260 e. The molecule has 0 aliphatic carbocycles. The highest BCUT2D eigenvalue weighted by Gasteiger charge is 2.16. The molecule has 0 bridgehead atoms. The fraction of sp³-hybridized carbons (Fsp3) is 0.438. The van der Waals surface area contributed by atoms with Gasteiger partial charge in [-0.05, 0) is 43.5 Å². The smallest absolute Gasteiger partial charge is 0.260 e. The van der Waals surface area contributed by atoms with E-state index in [-0.39, 0.29) is 12.5 Å². The number of nitrogens with zero attached hydrogens (tertiary/aromatic N) is 3. The van der Waals surface area contributed by atoms with E-state index in [1.54, 1.807) is 6.92 Å². The number of likely N-dealkylation sites (tertiary alicyclic amines) is 1. The van der Waals surface area contributed by atoms with Crippen LogP contribution < -0.4 is 4.74 Å². The molecule has 0 saturated carbocycles. The fourth-order valence-electron chi connectivity index (χ4n) is 2.50. The minimum absolute atomic E-state index is 0.0533. The van der Waals surface area contributed by atoms with Gasteiger partial charge in [-0.15, -0.1) is 0 Å². The largest absolute Gasteiger partial charge is 0.484 e. The topological polar surface area (TPSA) is 68.5 Å². The van der Waals surface area contributed by atoms with Gasteiger partial charge in [-0.2, -0.15) is 4.98 Å². The molecule has 1 saturated heterocycles. The molecular formula is C16H19N3O3. The number of carbonyl (C=O) groups excluding carboxylic acids is 1. The lowest BCUT2D eigenvalue weighted by atomic mass is 10.1. The van der Waals surface area contributed by atoms with Gasteiger partial charge in [0.15, 0.2) is 6.61 Å². The third-order valence-corrected chi connectivity index (χ3v) is 3.71. The molecular weight excluding hydrogens is 282 g/mol. The lowest BCUT2D eigenvalue weighted by molar-refractivity contribution is -0.134. The van der Waals surface area contributed by atoms with Crippen molar-refractivity contribution in [2.45, 2.75) is 26.2 Å². The van der Waals surface area contributed by atoms with E-state index < -0.39 is 0 Å². The van der Waals surface area contributed by atoms with Crippen LogP contribution in [-0.4, -0.2) is 40.6 Å². The molecule has 1 aliphatic rings. The second-order valence-corrected chi connectivity index (χ2v) is 5.39. The van der Waals surface area contributed by atoms with Crippen molar-refractivity contribution < 1.29 is 14.1 Å². The Hall–Kier alpha value is -2.37. The summed E-state index contributed by atoms with van der Waals surface area (Å²) in [5.41, 5.74) is 0.853. The fourth-order valence-corrected chi connectivity index (χ4v) is 2.50. The van der Waals surface area contributed by atoms with Crippen LogP contribution in [0.2, 0.25) is 0 Å². The predicted octanol–water partition coefficient (Wildman–Crippen LogP) is 2.44. The number of aromatic nitrogens is 2. The van der Waals surface area contributed by atoms with Crippen molar-refractivity contribution >= 4 is 5.91 Å². The Bertz CT molecular complexity index is 630. The summed E-state index contributed by atoms with van der Waals surface area (Å²) in [4.78, 5) is 18.1. The highest BCUT2D eigenvalue weighted by molar-refractivity contribution is 5.77. The Morgan fingerprint density at radius 2 is 1.95 bits per heavy atom. The Balaban J connectivity index is 1.56. The summed E-state index contributed by atoms with van der Waals surface area (Å²) in [5, 5.41) is 3.86. The first-order chi connectivity index (χ1) is 10.7. The van der Waals surface area contributed by atoms with Crippen molar-refractivity contribution in [1.82, 2.24) is 15.0 Å². The molecule has 0 N–H and O–H groups in total. The second kappa shape index (κ2) is 6.60. The minimum atomic E-state index is 0.0533. The van der Waals surface area contributed by atoms with E-state index in [0.717, 1.165) is 31.5 Å². The summed E-state index contributed by atoms with van der Waals surface area (Å²) < 4.78 is 10.5. The van der Waals surface area contributed by atoms with Gasteiger partial charge in [0.1, 0.15) is 5.75 Å². The highest BCUT2D eigenvalue weighted by Crippen LogP contribution is 2.20. The van der Waals surface area contributed by atoms with E-state index in [1.807, 2.05) is 29.2 Å². The summed E-state index contributed by atoms with van der Waals surface area (Å²) in [5.74, 6) is 1.79. The SMILES string of the molecule is Cc1nc(-c2ccc(OCC(=O)N3CCCCC3)cc2)no1. The lowest BCUT2D eigenvalue weighted by Gasteiger charge is -2.26. The van der Waals surface area contributed by atoms with Crippen molar-refractivity contribution in [2.24, 2.45) is 0 Å². The average Bonchev–Trinajstić information content (AvgIpc) is 3.00. The van der Waals surface area contributed by atoms with Gasteiger partial charge >= 0.3 is 0 Å². The molecule has 2 aromatic rings. The summed E-state index contributed by atoms with van der Waals surface area (Å²) in [6.45, 7) is 3.53. The standard InChI is InChI=1S/C16H19N3O3/c1-12-17-16(18-22-12)13-5-7-14(8-6-13)21-11-15(20)19-9-3-2-4-10-19/h5-8H,2-4,9-11H2,1H3. The van der Waals surface area contributed by atoms with Gasteiger partial charge in [0.2, 0.25) is 11.7 Å². The zero-order chi connectivity index (χ0) is 15.4. The lowest BCUT2D eigenvalue weighted by Crippen LogP contribution is -2.38. The summed E-state index contributed by atoms with van der Waals surface area (Å²) >= 11 is 0. The van der Waals surface area contributed by atoms with E-state index in [0.29, 0.717) is 17.5 Å². The monoisotopic (exact) mass is 301 g/mol. The molecule has 6 nitrogen and oxygen atoms in total. The number of benzene rings is 1. The van der Waals surface area contributed by atoms with Crippen LogP contribution >= 0.6 is 0 Å². The van der Waals surface area contributed by atoms with Crippen LogP contribution in [0.15, 0.2) is 28.8 Å². The molecule has 1 aromatic carbocycles. The van der Waals surface area contributed by atoms with E-state index in [1.165, 1.54) is 6.42 Å². The van der Waals surface area contributed by atoms with Crippen LogP contribution in [0.25, 0.3) is 11.4 Å². The number of amides is 1. The van der Waals surface area contributed by atoms with Crippen LogP contribution in [0.1, 0.15) is 25.2 Å². The molecule has 0 atom stereocenters. The van der Waals surface area contributed by atoms with Crippen LogP contribution in [0.3, 0.4) is 0 Å². The zero-order valence-corrected chi connectivity index (χ0v) is 12.6. The minimum Gasteiger partial charge on any atom is -0.484 e. The van der Waals surface area contributed by atoms with Crippen LogP contribution in [0.5, 0.6) is 5.75 Å². The molecule has 3 rings (SSSR count). The number of rotatable bonds is 4. The molecule has 1 aromatic heterocycles. The van der Waals surface area contributed by atoms with E-state index in [2.05, 4.69) is 10.1 Å². The number of ether oxygens (including phenoxy) is 1. The van der Waals surface area contributed by atoms with Gasteiger partial charge in [-0.1, -0.05) is 5.16 Å². The quantitative estimate of drug-likeness (QED) is 0.867. The Morgan fingerprint density at radius 3 is 2.59 bits per heavy atom. The zero-order valence-electron chi connectivity index (χ0n) is 12.6. The van der Waals surface area contributed by atoms with Crippen molar-refractivity contribution in [3.63, 3.8) is 0 Å². The molecule has 1 amide bonds. The summed E-state index contributed by atoms with van der Waals surface area (Å²) in [6, 6.07) is 7.32. The third kappa shape index (κ3) is 3.44. The Kier molecular flexibility index (Phi) is 4.37. The molecule has 1 fully saturated rings. The van der Waals surface area contributed by atoms with Gasteiger partial charge < -0.3 is 14.2 Å². The molecule has 22 heavy (non-hydrogen) atoms. The molecule has 1 aliphatic heterocycles. The van der Waals surface area contributed by atoms with Crippen molar-refractivity contribution in [2.75, 3.05) is 19.7 Å².